The smallest absolute Gasteiger partial charge is 0.301 e. The van der Waals surface area contributed by atoms with Crippen molar-refractivity contribution in [2.75, 3.05) is 11.5 Å². The second-order valence-corrected chi connectivity index (χ2v) is 11.9. The first-order valence-corrected chi connectivity index (χ1v) is 14.8. The maximum Gasteiger partial charge on any atom is 0.301 e. The topological polar surface area (TPSA) is 106 Å². The lowest BCUT2D eigenvalue weighted by molar-refractivity contribution is -0.132. The van der Waals surface area contributed by atoms with Crippen molar-refractivity contribution in [3.05, 3.63) is 101 Å². The van der Waals surface area contributed by atoms with Gasteiger partial charge in [0.25, 0.3) is 5.78 Å². The highest BCUT2D eigenvalue weighted by Gasteiger charge is 2.48. The Bertz CT molecular complexity index is 1590. The number of halogens is 1. The highest BCUT2D eigenvalue weighted by molar-refractivity contribution is 8.00. The molecular weight excluding hydrogens is 563 g/mol. The number of carbonyl (C=O) groups excluding carboxylic acids is 2. The lowest BCUT2D eigenvalue weighted by atomic mass is 9.95. The van der Waals surface area contributed by atoms with Crippen LogP contribution >= 0.6 is 23.1 Å². The van der Waals surface area contributed by atoms with Crippen LogP contribution in [0.3, 0.4) is 0 Å². The summed E-state index contributed by atoms with van der Waals surface area (Å²) >= 11 is 2.39. The molecule has 1 unspecified atom stereocenters. The van der Waals surface area contributed by atoms with E-state index in [9.17, 15) is 19.1 Å². The lowest BCUT2D eigenvalue weighted by Gasteiger charge is -2.23. The van der Waals surface area contributed by atoms with Crippen LogP contribution < -0.4 is 9.64 Å². The summed E-state index contributed by atoms with van der Waals surface area (Å²) in [5.41, 5.74) is 1.36. The van der Waals surface area contributed by atoms with Crippen LogP contribution in [0.4, 0.5) is 9.52 Å². The van der Waals surface area contributed by atoms with E-state index in [0.717, 1.165) is 17.8 Å². The molecule has 0 spiro atoms. The molecule has 1 aliphatic heterocycles. The minimum Gasteiger partial charge on any atom is -0.507 e. The third-order valence-electron chi connectivity index (χ3n) is 6.45. The quantitative estimate of drug-likeness (QED) is 0.0742. The van der Waals surface area contributed by atoms with Crippen molar-refractivity contribution in [1.82, 2.24) is 15.2 Å². The van der Waals surface area contributed by atoms with Crippen molar-refractivity contribution in [2.24, 2.45) is 5.92 Å². The number of hydrogen-bond donors (Lipinski definition) is 1. The van der Waals surface area contributed by atoms with E-state index in [1.807, 2.05) is 0 Å². The Labute approximate surface area is 244 Å². The van der Waals surface area contributed by atoms with Gasteiger partial charge in [-0.25, -0.2) is 4.39 Å². The predicted octanol–water partition coefficient (Wildman–Crippen LogP) is 6.42. The van der Waals surface area contributed by atoms with Gasteiger partial charge in [0.05, 0.1) is 18.2 Å². The first kappa shape index (κ1) is 28.4. The largest absolute Gasteiger partial charge is 0.507 e. The molecule has 2 aromatic heterocycles. The molecule has 2 aromatic carbocycles. The average molecular weight is 591 g/mol. The Morgan fingerprint density at radius 2 is 1.88 bits per heavy atom. The monoisotopic (exact) mass is 590 g/mol. The van der Waals surface area contributed by atoms with Crippen LogP contribution in [0, 0.1) is 11.7 Å². The summed E-state index contributed by atoms with van der Waals surface area (Å²) in [6.45, 7) is 4.73. The second-order valence-electron chi connectivity index (χ2n) is 9.74. The lowest BCUT2D eigenvalue weighted by Crippen LogP contribution is -2.29. The first-order valence-electron chi connectivity index (χ1n) is 13.0. The number of carbonyl (C=O) groups is 2. The van der Waals surface area contributed by atoms with Gasteiger partial charge in [-0.05, 0) is 53.8 Å². The van der Waals surface area contributed by atoms with Crippen molar-refractivity contribution in [3.63, 3.8) is 0 Å². The summed E-state index contributed by atoms with van der Waals surface area (Å²) < 4.78 is 20.6. The number of benzene rings is 2. The number of amides is 1. The molecule has 210 valence electrons. The molecule has 11 heteroatoms. The van der Waals surface area contributed by atoms with Crippen LogP contribution in [0.25, 0.3) is 5.76 Å². The summed E-state index contributed by atoms with van der Waals surface area (Å²) in [4.78, 5) is 32.1. The zero-order chi connectivity index (χ0) is 28.9. The highest BCUT2D eigenvalue weighted by Crippen LogP contribution is 2.44. The van der Waals surface area contributed by atoms with Gasteiger partial charge in [-0.15, -0.1) is 10.2 Å². The van der Waals surface area contributed by atoms with Gasteiger partial charge in [-0.3, -0.25) is 19.5 Å². The molecule has 1 amide bonds. The van der Waals surface area contributed by atoms with Crippen LogP contribution in [0.2, 0.25) is 0 Å². The van der Waals surface area contributed by atoms with Crippen molar-refractivity contribution < 1.29 is 23.8 Å². The minimum atomic E-state index is -0.978. The molecule has 1 atom stereocenters. The van der Waals surface area contributed by atoms with E-state index in [1.54, 1.807) is 54.6 Å². The first-order chi connectivity index (χ1) is 19.8. The number of Topliss-reactive ketones (excluding diaryl/α,β-unsaturated/α-hetero) is 1. The van der Waals surface area contributed by atoms with E-state index in [1.165, 1.54) is 35.1 Å². The summed E-state index contributed by atoms with van der Waals surface area (Å²) in [7, 11) is 0. The number of aliphatic hydroxyl groups is 1. The molecule has 0 saturated carbocycles. The van der Waals surface area contributed by atoms with Crippen molar-refractivity contribution in [1.29, 1.82) is 0 Å². The van der Waals surface area contributed by atoms with Gasteiger partial charge >= 0.3 is 5.91 Å². The number of thioether (sulfide) groups is 1. The van der Waals surface area contributed by atoms with Crippen LogP contribution in [0.15, 0.2) is 83.0 Å². The van der Waals surface area contributed by atoms with Gasteiger partial charge < -0.3 is 9.84 Å². The molecule has 0 bridgehead atoms. The average Bonchev–Trinajstić information content (AvgIpc) is 3.54. The molecule has 1 N–H and O–H groups in total. The molecule has 0 radical (unpaired) electrons. The minimum absolute atomic E-state index is 0.0729. The van der Waals surface area contributed by atoms with E-state index >= 15 is 0 Å². The van der Waals surface area contributed by atoms with Gasteiger partial charge in [-0.2, -0.15) is 0 Å². The van der Waals surface area contributed by atoms with Gasteiger partial charge in [0, 0.05) is 23.7 Å². The predicted molar refractivity (Wildman–Crippen MR) is 156 cm³/mol. The molecule has 0 aliphatic carbocycles. The number of anilines is 1. The van der Waals surface area contributed by atoms with Gasteiger partial charge in [0.15, 0.2) is 4.34 Å². The molecule has 1 aliphatic rings. The van der Waals surface area contributed by atoms with Crippen molar-refractivity contribution in [3.8, 4) is 5.75 Å². The maximum absolute atomic E-state index is 14.1. The van der Waals surface area contributed by atoms with E-state index < -0.39 is 17.7 Å². The number of aromatic nitrogens is 3. The van der Waals surface area contributed by atoms with Gasteiger partial charge in [0.1, 0.15) is 17.3 Å². The molecule has 1 saturated heterocycles. The number of nitrogens with zero attached hydrogens (tertiary/aromatic N) is 4. The van der Waals surface area contributed by atoms with E-state index in [0.29, 0.717) is 45.1 Å². The second kappa shape index (κ2) is 12.6. The van der Waals surface area contributed by atoms with Crippen LogP contribution in [0.1, 0.15) is 43.0 Å². The van der Waals surface area contributed by atoms with E-state index in [4.69, 9.17) is 4.74 Å². The number of ketones is 1. The fourth-order valence-corrected chi connectivity index (χ4v) is 6.16. The number of pyridine rings is 1. The summed E-state index contributed by atoms with van der Waals surface area (Å²) in [5.74, 6) is -0.944. The van der Waals surface area contributed by atoms with Gasteiger partial charge in [-0.1, -0.05) is 67.3 Å². The Kier molecular flexibility index (Phi) is 8.75. The zero-order valence-corrected chi connectivity index (χ0v) is 24.0. The third kappa shape index (κ3) is 6.31. The number of hydrogen-bond acceptors (Lipinski definition) is 9. The van der Waals surface area contributed by atoms with Crippen LogP contribution in [0.5, 0.6) is 5.75 Å². The van der Waals surface area contributed by atoms with Gasteiger partial charge in [0.2, 0.25) is 5.13 Å². The van der Waals surface area contributed by atoms with E-state index in [-0.39, 0.29) is 22.3 Å². The molecular formula is C30H27FN4O4S2. The normalized spacial score (nSPS) is 16.5. The van der Waals surface area contributed by atoms with E-state index in [2.05, 4.69) is 29.0 Å². The summed E-state index contributed by atoms with van der Waals surface area (Å²) in [6.07, 6.45) is 3.85. The highest BCUT2D eigenvalue weighted by atomic mass is 32.2. The Morgan fingerprint density at radius 3 is 2.63 bits per heavy atom. The molecule has 8 nitrogen and oxygen atoms in total. The SMILES string of the molecule is CC(C)CCOc1cccc(C2/C(=C(\O)c3ccncc3)C(=O)C(=O)N2c2nnc(SCc3ccccc3F)s2)c1. The number of aliphatic hydroxyl groups excluding tert-OH is 1. The fraction of sp³-hybridized carbons (Fsp3) is 0.233. The zero-order valence-electron chi connectivity index (χ0n) is 22.4. The summed E-state index contributed by atoms with van der Waals surface area (Å²) in [5, 5.41) is 19.9. The molecule has 1 fully saturated rings. The molecule has 5 rings (SSSR count). The van der Waals surface area contributed by atoms with Crippen LogP contribution in [-0.4, -0.2) is 38.6 Å². The van der Waals surface area contributed by atoms with Crippen molar-refractivity contribution in [2.45, 2.75) is 36.4 Å². The standard InChI is InChI=1S/C30H27FN4O4S2/c1-18(2)12-15-39-22-8-5-7-20(16-22)25-24(26(36)19-10-13-32-14-11-19)27(37)28(38)35(25)29-33-34-30(41-29)40-17-21-6-3-4-9-23(21)31/h3-11,13-14,16,18,25,36H,12,15,17H2,1-2H3/b26-24+. The summed E-state index contributed by atoms with van der Waals surface area (Å²) in [6, 6.07) is 15.7. The molecule has 4 aromatic rings. The molecule has 3 heterocycles. The number of ether oxygens (including phenoxy) is 1. The Balaban J connectivity index is 1.52. The Hall–Kier alpha value is -4.09. The Morgan fingerprint density at radius 1 is 1.10 bits per heavy atom. The maximum atomic E-state index is 14.1. The van der Waals surface area contributed by atoms with Crippen LogP contribution in [-0.2, 0) is 15.3 Å². The van der Waals surface area contributed by atoms with Crippen molar-refractivity contribution >= 4 is 45.7 Å². The number of rotatable bonds is 10. The third-order valence-corrected chi connectivity index (χ3v) is 8.55. The molecule has 41 heavy (non-hydrogen) atoms. The fourth-order valence-electron chi connectivity index (χ4n) is 4.31.